The molecule has 0 fully saturated rings. The molecule has 5 nitrogen and oxygen atoms in total. The summed E-state index contributed by atoms with van der Waals surface area (Å²) in [7, 11) is 0. The second-order valence-electron chi connectivity index (χ2n) is 3.37. The van der Waals surface area contributed by atoms with E-state index in [0.29, 0.717) is 5.69 Å². The third-order valence-electron chi connectivity index (χ3n) is 2.15. The van der Waals surface area contributed by atoms with Gasteiger partial charge in [0.15, 0.2) is 5.69 Å². The Morgan fingerprint density at radius 3 is 3.00 bits per heavy atom. The van der Waals surface area contributed by atoms with Gasteiger partial charge in [-0.25, -0.2) is 13.9 Å². The van der Waals surface area contributed by atoms with E-state index in [1.165, 1.54) is 23.0 Å². The van der Waals surface area contributed by atoms with Crippen LogP contribution in [0.4, 0.5) is 4.39 Å². The predicted octanol–water partition coefficient (Wildman–Crippen LogP) is 2.24. The standard InChI is InChI=1S/C11H9ClFN3O2/c1-2-18-11(17)10-6-16(15-14-10)7-3-4-8(12)9(13)5-7/h3-6H,2H2,1H3. The lowest BCUT2D eigenvalue weighted by molar-refractivity contribution is 0.0519. The maximum atomic E-state index is 13.3. The number of halogens is 2. The van der Waals surface area contributed by atoms with Gasteiger partial charge in [0.2, 0.25) is 0 Å². The summed E-state index contributed by atoms with van der Waals surface area (Å²) in [6, 6.07) is 4.17. The smallest absolute Gasteiger partial charge is 0.360 e. The van der Waals surface area contributed by atoms with Crippen LogP contribution in [-0.4, -0.2) is 27.6 Å². The molecule has 0 saturated carbocycles. The van der Waals surface area contributed by atoms with E-state index in [9.17, 15) is 9.18 Å². The van der Waals surface area contributed by atoms with Crippen molar-refractivity contribution in [1.82, 2.24) is 15.0 Å². The van der Waals surface area contributed by atoms with E-state index in [2.05, 4.69) is 10.3 Å². The molecular weight excluding hydrogens is 261 g/mol. The lowest BCUT2D eigenvalue weighted by atomic mass is 10.3. The van der Waals surface area contributed by atoms with Crippen LogP contribution in [0.3, 0.4) is 0 Å². The first-order valence-electron chi connectivity index (χ1n) is 5.16. The van der Waals surface area contributed by atoms with Crippen molar-refractivity contribution in [2.24, 2.45) is 0 Å². The van der Waals surface area contributed by atoms with Gasteiger partial charge in [0.05, 0.1) is 23.5 Å². The van der Waals surface area contributed by atoms with E-state index < -0.39 is 11.8 Å². The minimum Gasteiger partial charge on any atom is -0.461 e. The van der Waals surface area contributed by atoms with Gasteiger partial charge in [-0.15, -0.1) is 5.10 Å². The molecule has 0 amide bonds. The molecule has 0 unspecified atom stereocenters. The van der Waals surface area contributed by atoms with Gasteiger partial charge in [0.25, 0.3) is 0 Å². The zero-order chi connectivity index (χ0) is 13.1. The van der Waals surface area contributed by atoms with Gasteiger partial charge in [-0.2, -0.15) is 0 Å². The molecule has 0 aliphatic carbocycles. The third-order valence-corrected chi connectivity index (χ3v) is 2.45. The molecule has 7 heteroatoms. The number of carbonyl (C=O) groups excluding carboxylic acids is 1. The third kappa shape index (κ3) is 2.48. The van der Waals surface area contributed by atoms with Gasteiger partial charge >= 0.3 is 5.97 Å². The first kappa shape index (κ1) is 12.5. The molecule has 18 heavy (non-hydrogen) atoms. The molecule has 94 valence electrons. The van der Waals surface area contributed by atoms with Crippen LogP contribution in [0.25, 0.3) is 5.69 Å². The van der Waals surface area contributed by atoms with Crippen LogP contribution in [0.5, 0.6) is 0 Å². The first-order valence-corrected chi connectivity index (χ1v) is 5.54. The van der Waals surface area contributed by atoms with Gasteiger partial charge < -0.3 is 4.74 Å². The van der Waals surface area contributed by atoms with Gasteiger partial charge in [-0.1, -0.05) is 16.8 Å². The highest BCUT2D eigenvalue weighted by Crippen LogP contribution is 2.17. The number of benzene rings is 1. The second-order valence-corrected chi connectivity index (χ2v) is 3.77. The largest absolute Gasteiger partial charge is 0.461 e. The van der Waals surface area contributed by atoms with E-state index in [0.717, 1.165) is 0 Å². The average molecular weight is 270 g/mol. The highest BCUT2D eigenvalue weighted by Gasteiger charge is 2.12. The van der Waals surface area contributed by atoms with Crippen LogP contribution >= 0.6 is 11.6 Å². The molecule has 0 atom stereocenters. The topological polar surface area (TPSA) is 57.0 Å². The Balaban J connectivity index is 2.29. The molecule has 0 saturated heterocycles. The Morgan fingerprint density at radius 2 is 2.33 bits per heavy atom. The Kier molecular flexibility index (Phi) is 3.57. The number of esters is 1. The molecule has 1 aromatic carbocycles. The van der Waals surface area contributed by atoms with E-state index in [1.54, 1.807) is 13.0 Å². The van der Waals surface area contributed by atoms with Crippen LogP contribution in [0.2, 0.25) is 5.02 Å². The minimum absolute atomic E-state index is 0.0180. The van der Waals surface area contributed by atoms with E-state index >= 15 is 0 Å². The van der Waals surface area contributed by atoms with Crippen LogP contribution < -0.4 is 0 Å². The lowest BCUT2D eigenvalue weighted by Gasteiger charge is -2.00. The zero-order valence-electron chi connectivity index (χ0n) is 9.43. The van der Waals surface area contributed by atoms with Crippen molar-refractivity contribution in [3.05, 3.63) is 40.9 Å². The fourth-order valence-electron chi connectivity index (χ4n) is 1.32. The fourth-order valence-corrected chi connectivity index (χ4v) is 1.43. The summed E-state index contributed by atoms with van der Waals surface area (Å²) in [4.78, 5) is 11.4. The summed E-state index contributed by atoms with van der Waals surface area (Å²) in [5.74, 6) is -1.14. The Hall–Kier alpha value is -1.95. The predicted molar refractivity (Wildman–Crippen MR) is 62.3 cm³/mol. The Bertz CT molecular complexity index is 585. The van der Waals surface area contributed by atoms with E-state index in [1.807, 2.05) is 0 Å². The van der Waals surface area contributed by atoms with Crippen molar-refractivity contribution in [3.63, 3.8) is 0 Å². The summed E-state index contributed by atoms with van der Waals surface area (Å²) < 4.78 is 19.3. The summed E-state index contributed by atoms with van der Waals surface area (Å²) in [6.45, 7) is 1.94. The van der Waals surface area contributed by atoms with Gasteiger partial charge in [-0.05, 0) is 19.1 Å². The molecule has 0 N–H and O–H groups in total. The maximum absolute atomic E-state index is 13.3. The number of aromatic nitrogens is 3. The minimum atomic E-state index is -0.571. The van der Waals surface area contributed by atoms with Crippen molar-refractivity contribution < 1.29 is 13.9 Å². The molecule has 2 rings (SSSR count). The fraction of sp³-hybridized carbons (Fsp3) is 0.182. The highest BCUT2D eigenvalue weighted by molar-refractivity contribution is 6.30. The molecule has 2 aromatic rings. The normalized spacial score (nSPS) is 10.4. The molecule has 0 bridgehead atoms. The molecule has 0 radical (unpaired) electrons. The average Bonchev–Trinajstić information content (AvgIpc) is 2.82. The van der Waals surface area contributed by atoms with Crippen LogP contribution in [-0.2, 0) is 4.74 Å². The van der Waals surface area contributed by atoms with Crippen molar-refractivity contribution in [1.29, 1.82) is 0 Å². The Morgan fingerprint density at radius 1 is 1.56 bits per heavy atom. The molecular formula is C11H9ClFN3O2. The van der Waals surface area contributed by atoms with Gasteiger partial charge in [0.1, 0.15) is 5.82 Å². The van der Waals surface area contributed by atoms with Crippen molar-refractivity contribution in [2.75, 3.05) is 6.61 Å². The SMILES string of the molecule is CCOC(=O)c1cn(-c2ccc(Cl)c(F)c2)nn1. The zero-order valence-corrected chi connectivity index (χ0v) is 10.2. The van der Waals surface area contributed by atoms with Crippen molar-refractivity contribution >= 4 is 17.6 Å². The number of hydrogen-bond donors (Lipinski definition) is 0. The van der Waals surface area contributed by atoms with Crippen molar-refractivity contribution in [2.45, 2.75) is 6.92 Å². The Labute approximate surface area is 107 Å². The van der Waals surface area contributed by atoms with Crippen LogP contribution in [0.15, 0.2) is 24.4 Å². The monoisotopic (exact) mass is 269 g/mol. The van der Waals surface area contributed by atoms with E-state index in [4.69, 9.17) is 16.3 Å². The number of nitrogens with zero attached hydrogens (tertiary/aromatic N) is 3. The number of hydrogen-bond acceptors (Lipinski definition) is 4. The maximum Gasteiger partial charge on any atom is 0.360 e. The quantitative estimate of drug-likeness (QED) is 0.802. The molecule has 0 aliphatic rings. The lowest BCUT2D eigenvalue weighted by Crippen LogP contribution is -2.04. The summed E-state index contributed by atoms with van der Waals surface area (Å²) in [6.07, 6.45) is 1.36. The van der Waals surface area contributed by atoms with E-state index in [-0.39, 0.29) is 17.3 Å². The summed E-state index contributed by atoms with van der Waals surface area (Å²) in [5.41, 5.74) is 0.479. The number of carbonyl (C=O) groups is 1. The van der Waals surface area contributed by atoms with Gasteiger partial charge in [0, 0.05) is 6.07 Å². The van der Waals surface area contributed by atoms with Gasteiger partial charge in [-0.3, -0.25) is 0 Å². The second kappa shape index (κ2) is 5.14. The highest BCUT2D eigenvalue weighted by atomic mass is 35.5. The first-order chi connectivity index (χ1) is 8.61. The van der Waals surface area contributed by atoms with Crippen molar-refractivity contribution in [3.8, 4) is 5.69 Å². The van der Waals surface area contributed by atoms with Crippen LogP contribution in [0.1, 0.15) is 17.4 Å². The molecule has 0 spiro atoms. The molecule has 0 aliphatic heterocycles. The summed E-state index contributed by atoms with van der Waals surface area (Å²) >= 11 is 5.57. The molecule has 1 aromatic heterocycles. The molecule has 1 heterocycles. The van der Waals surface area contributed by atoms with Crippen LogP contribution in [0, 0.1) is 5.82 Å². The number of rotatable bonds is 3. The number of ether oxygens (including phenoxy) is 1. The summed E-state index contributed by atoms with van der Waals surface area (Å²) in [5, 5.41) is 7.38.